The molecule has 0 aliphatic heterocycles. The molecule has 2 rings (SSSR count). The Labute approximate surface area is 205 Å². The number of hydrogen-bond acceptors (Lipinski definition) is 4. The van der Waals surface area contributed by atoms with Crippen molar-refractivity contribution in [3.63, 3.8) is 0 Å². The highest BCUT2D eigenvalue weighted by atomic mass is 79.9. The maximum Gasteiger partial charge on any atom is 0.244 e. The first-order valence-corrected chi connectivity index (χ1v) is 13.6. The van der Waals surface area contributed by atoms with Crippen LogP contribution in [0.1, 0.15) is 38.3 Å². The molecule has 180 valence electrons. The van der Waals surface area contributed by atoms with Gasteiger partial charge < -0.3 is 10.2 Å². The Balaban J connectivity index is 2.34. The molecule has 0 spiro atoms. The van der Waals surface area contributed by atoms with Gasteiger partial charge in [-0.05, 0) is 55.2 Å². The van der Waals surface area contributed by atoms with Crippen LogP contribution in [0.2, 0.25) is 0 Å². The van der Waals surface area contributed by atoms with Crippen molar-refractivity contribution in [3.05, 3.63) is 64.1 Å². The van der Waals surface area contributed by atoms with Crippen molar-refractivity contribution < 1.29 is 18.0 Å². The molecule has 0 aromatic heterocycles. The maximum absolute atomic E-state index is 13.4. The number of aryl methyl sites for hydroxylation is 1. The van der Waals surface area contributed by atoms with Crippen LogP contribution in [0.4, 0.5) is 5.69 Å². The van der Waals surface area contributed by atoms with E-state index in [1.807, 2.05) is 50.2 Å². The number of hydrogen-bond donors (Lipinski definition) is 1. The molecule has 0 saturated carbocycles. The highest BCUT2D eigenvalue weighted by Crippen LogP contribution is 2.20. The predicted molar refractivity (Wildman–Crippen MR) is 135 cm³/mol. The summed E-state index contributed by atoms with van der Waals surface area (Å²) >= 11 is 3.39. The number of benzene rings is 2. The lowest BCUT2D eigenvalue weighted by molar-refractivity contribution is -0.139. The fourth-order valence-corrected chi connectivity index (χ4v) is 4.39. The maximum atomic E-state index is 13.4. The SMILES string of the molecule is CCCNC(=O)[C@H](C)N(Cc1ccc(Br)cc1)C(=O)CN(c1ccc(CC)cc1)S(C)(=O)=O. The first kappa shape index (κ1) is 26.9. The molecule has 1 atom stereocenters. The summed E-state index contributed by atoms with van der Waals surface area (Å²) < 4.78 is 27.1. The van der Waals surface area contributed by atoms with E-state index in [2.05, 4.69) is 21.2 Å². The van der Waals surface area contributed by atoms with Gasteiger partial charge in [-0.15, -0.1) is 0 Å². The molecule has 0 heterocycles. The van der Waals surface area contributed by atoms with Gasteiger partial charge in [-0.2, -0.15) is 0 Å². The highest BCUT2D eigenvalue weighted by molar-refractivity contribution is 9.10. The van der Waals surface area contributed by atoms with Crippen LogP contribution < -0.4 is 9.62 Å². The summed E-state index contributed by atoms with van der Waals surface area (Å²) in [4.78, 5) is 27.5. The number of amides is 2. The van der Waals surface area contributed by atoms with Gasteiger partial charge in [0.2, 0.25) is 21.8 Å². The van der Waals surface area contributed by atoms with Gasteiger partial charge in [0.15, 0.2) is 0 Å². The molecule has 1 N–H and O–H groups in total. The summed E-state index contributed by atoms with van der Waals surface area (Å²) in [5.41, 5.74) is 2.31. The summed E-state index contributed by atoms with van der Waals surface area (Å²) in [6.45, 7) is 5.90. The lowest BCUT2D eigenvalue weighted by Gasteiger charge is -2.31. The second-order valence-electron chi connectivity index (χ2n) is 7.90. The van der Waals surface area contributed by atoms with Crippen LogP contribution in [-0.2, 0) is 32.6 Å². The minimum Gasteiger partial charge on any atom is -0.354 e. The zero-order chi connectivity index (χ0) is 24.6. The van der Waals surface area contributed by atoms with Crippen molar-refractivity contribution in [1.82, 2.24) is 10.2 Å². The first-order chi connectivity index (χ1) is 15.6. The number of halogens is 1. The molecule has 9 heteroatoms. The topological polar surface area (TPSA) is 86.8 Å². The zero-order valence-corrected chi connectivity index (χ0v) is 21.9. The van der Waals surface area contributed by atoms with Crippen molar-refractivity contribution in [2.24, 2.45) is 0 Å². The van der Waals surface area contributed by atoms with Crippen molar-refractivity contribution in [2.75, 3.05) is 23.7 Å². The molecular weight excluding hydrogens is 506 g/mol. The fourth-order valence-electron chi connectivity index (χ4n) is 3.28. The average Bonchev–Trinajstić information content (AvgIpc) is 2.79. The van der Waals surface area contributed by atoms with Crippen molar-refractivity contribution in [2.45, 2.75) is 46.2 Å². The number of carbonyl (C=O) groups excluding carboxylic acids is 2. The Morgan fingerprint density at radius 2 is 1.58 bits per heavy atom. The Bertz CT molecular complexity index is 1040. The summed E-state index contributed by atoms with van der Waals surface area (Å²) in [6.07, 6.45) is 2.67. The van der Waals surface area contributed by atoms with E-state index >= 15 is 0 Å². The molecule has 0 unspecified atom stereocenters. The van der Waals surface area contributed by atoms with Gasteiger partial charge in [-0.1, -0.05) is 54.0 Å². The molecule has 33 heavy (non-hydrogen) atoms. The molecule has 7 nitrogen and oxygen atoms in total. The van der Waals surface area contributed by atoms with E-state index in [0.717, 1.165) is 39.0 Å². The number of sulfonamides is 1. The third-order valence-electron chi connectivity index (χ3n) is 5.29. The number of nitrogens with zero attached hydrogens (tertiary/aromatic N) is 2. The summed E-state index contributed by atoms with van der Waals surface area (Å²) in [5.74, 6) is -0.734. The molecule has 0 aliphatic rings. The number of nitrogens with one attached hydrogen (secondary N) is 1. The Kier molecular flexibility index (Phi) is 9.91. The van der Waals surface area contributed by atoms with Crippen molar-refractivity contribution in [1.29, 1.82) is 0 Å². The van der Waals surface area contributed by atoms with Crippen LogP contribution in [0.5, 0.6) is 0 Å². The van der Waals surface area contributed by atoms with Gasteiger partial charge in [-0.3, -0.25) is 13.9 Å². The normalized spacial score (nSPS) is 12.2. The minimum atomic E-state index is -3.73. The Hall–Kier alpha value is -2.39. The smallest absolute Gasteiger partial charge is 0.244 e. The molecule has 2 aromatic rings. The fraction of sp³-hybridized carbons (Fsp3) is 0.417. The van der Waals surface area contributed by atoms with Crippen LogP contribution in [-0.4, -0.2) is 50.5 Å². The number of rotatable bonds is 11. The molecule has 0 fully saturated rings. The number of carbonyl (C=O) groups is 2. The summed E-state index contributed by atoms with van der Waals surface area (Å²) in [5, 5.41) is 2.82. The molecule has 2 amide bonds. The van der Waals surface area contributed by atoms with Gasteiger partial charge in [0.25, 0.3) is 0 Å². The monoisotopic (exact) mass is 537 g/mol. The van der Waals surface area contributed by atoms with Crippen LogP contribution in [0.15, 0.2) is 53.0 Å². The largest absolute Gasteiger partial charge is 0.354 e. The van der Waals surface area contributed by atoms with Crippen molar-refractivity contribution in [3.8, 4) is 0 Å². The molecular formula is C24H32BrN3O4S. The Morgan fingerprint density at radius 3 is 2.09 bits per heavy atom. The molecule has 0 bridgehead atoms. The predicted octanol–water partition coefficient (Wildman–Crippen LogP) is 3.72. The zero-order valence-electron chi connectivity index (χ0n) is 19.5. The van der Waals surface area contributed by atoms with E-state index in [1.54, 1.807) is 19.1 Å². The highest BCUT2D eigenvalue weighted by Gasteiger charge is 2.29. The third kappa shape index (κ3) is 7.85. The number of anilines is 1. The summed E-state index contributed by atoms with van der Waals surface area (Å²) in [6, 6.07) is 13.8. The van der Waals surface area contributed by atoms with Crippen LogP contribution in [0.25, 0.3) is 0 Å². The van der Waals surface area contributed by atoms with Crippen LogP contribution >= 0.6 is 15.9 Å². The average molecular weight is 539 g/mol. The van der Waals surface area contributed by atoms with Crippen LogP contribution in [0.3, 0.4) is 0 Å². The lowest BCUT2D eigenvalue weighted by Crippen LogP contribution is -2.51. The summed E-state index contributed by atoms with van der Waals surface area (Å²) in [7, 11) is -3.73. The Morgan fingerprint density at radius 1 is 1.00 bits per heavy atom. The second-order valence-corrected chi connectivity index (χ2v) is 10.7. The van der Waals surface area contributed by atoms with Gasteiger partial charge in [-0.25, -0.2) is 8.42 Å². The molecule has 2 aromatic carbocycles. The minimum absolute atomic E-state index is 0.180. The standard InChI is InChI=1S/C24H32BrN3O4S/c1-5-15-26-24(30)18(3)27(16-20-7-11-21(25)12-8-20)23(29)17-28(33(4,31)32)22-13-9-19(6-2)10-14-22/h7-14,18H,5-6,15-17H2,1-4H3,(H,26,30)/t18-/m0/s1. The first-order valence-electron chi connectivity index (χ1n) is 10.9. The quantitative estimate of drug-likeness (QED) is 0.473. The molecule has 0 aliphatic carbocycles. The molecule has 0 saturated heterocycles. The van der Waals surface area contributed by atoms with E-state index in [9.17, 15) is 18.0 Å². The van der Waals surface area contributed by atoms with E-state index in [1.165, 1.54) is 4.90 Å². The second kappa shape index (κ2) is 12.2. The van der Waals surface area contributed by atoms with Gasteiger partial charge in [0.1, 0.15) is 12.6 Å². The lowest BCUT2D eigenvalue weighted by atomic mass is 10.1. The van der Waals surface area contributed by atoms with Gasteiger partial charge >= 0.3 is 0 Å². The van der Waals surface area contributed by atoms with Crippen molar-refractivity contribution >= 4 is 43.5 Å². The van der Waals surface area contributed by atoms with E-state index < -0.39 is 28.5 Å². The van der Waals surface area contributed by atoms with Gasteiger partial charge in [0, 0.05) is 17.6 Å². The van der Waals surface area contributed by atoms with Gasteiger partial charge in [0.05, 0.1) is 11.9 Å². The van der Waals surface area contributed by atoms with Crippen LogP contribution in [0, 0.1) is 0 Å². The van der Waals surface area contributed by atoms with E-state index in [-0.39, 0.29) is 12.5 Å². The molecule has 0 radical (unpaired) electrons. The van der Waals surface area contributed by atoms with E-state index in [0.29, 0.717) is 12.2 Å². The third-order valence-corrected chi connectivity index (χ3v) is 6.96. The van der Waals surface area contributed by atoms with E-state index in [4.69, 9.17) is 0 Å².